The molecule has 1 aromatic heterocycles. The van der Waals surface area contributed by atoms with Crippen LogP contribution in [-0.4, -0.2) is 42.1 Å². The molecule has 0 saturated carbocycles. The van der Waals surface area contributed by atoms with Crippen LogP contribution >= 0.6 is 23.4 Å². The number of nitrogen functional groups attached to an aromatic ring is 1. The van der Waals surface area contributed by atoms with Gasteiger partial charge < -0.3 is 21.3 Å². The van der Waals surface area contributed by atoms with Gasteiger partial charge >= 0.3 is 0 Å². The third-order valence-electron chi connectivity index (χ3n) is 4.93. The van der Waals surface area contributed by atoms with E-state index in [1.165, 1.54) is 11.8 Å². The van der Waals surface area contributed by atoms with Gasteiger partial charge in [-0.3, -0.25) is 4.79 Å². The maximum atomic E-state index is 10.7. The topological polar surface area (TPSA) is 96.2 Å². The zero-order chi connectivity index (χ0) is 19.4. The van der Waals surface area contributed by atoms with Crippen LogP contribution in [0, 0.1) is 0 Å². The first kappa shape index (κ1) is 19.7. The Labute approximate surface area is 168 Å². The molecule has 1 amide bonds. The quantitative estimate of drug-likeness (QED) is 0.634. The Morgan fingerprint density at radius 1 is 1.37 bits per heavy atom. The van der Waals surface area contributed by atoms with Crippen LogP contribution in [0.3, 0.4) is 0 Å². The molecule has 2 aromatic rings. The molecule has 144 valence electrons. The van der Waals surface area contributed by atoms with E-state index in [0.29, 0.717) is 28.0 Å². The Bertz CT molecular complexity index is 825. The molecule has 2 heterocycles. The highest BCUT2D eigenvalue weighted by Gasteiger charge is 2.29. The fourth-order valence-corrected chi connectivity index (χ4v) is 4.07. The highest BCUT2D eigenvalue weighted by atomic mass is 35.5. The minimum absolute atomic E-state index is 0.169. The van der Waals surface area contributed by atoms with Gasteiger partial charge in [-0.2, -0.15) is 0 Å². The van der Waals surface area contributed by atoms with Crippen LogP contribution in [0.2, 0.25) is 5.02 Å². The first-order valence-electron chi connectivity index (χ1n) is 8.69. The molecule has 0 radical (unpaired) electrons. The van der Waals surface area contributed by atoms with Gasteiger partial charge in [-0.25, -0.2) is 9.97 Å². The molecular formula is C18H23ClN6OS. The summed E-state index contributed by atoms with van der Waals surface area (Å²) >= 11 is 7.66. The summed E-state index contributed by atoms with van der Waals surface area (Å²) in [6, 6.07) is 5.39. The molecule has 3 rings (SSSR count). The number of nitrogens with one attached hydrogen (secondary N) is 2. The maximum absolute atomic E-state index is 10.7. The number of carbonyl (C=O) groups is 1. The predicted molar refractivity (Wildman–Crippen MR) is 111 cm³/mol. The van der Waals surface area contributed by atoms with Gasteiger partial charge in [0.25, 0.3) is 0 Å². The Balaban J connectivity index is 1.74. The second-order valence-electron chi connectivity index (χ2n) is 6.70. The molecule has 0 bridgehead atoms. The summed E-state index contributed by atoms with van der Waals surface area (Å²) in [5.41, 5.74) is 6.87. The van der Waals surface area contributed by atoms with Crippen LogP contribution in [0.5, 0.6) is 0 Å². The summed E-state index contributed by atoms with van der Waals surface area (Å²) in [7, 11) is 2.00. The summed E-state index contributed by atoms with van der Waals surface area (Å²) in [6.45, 7) is 4.05. The molecule has 4 N–H and O–H groups in total. The molecule has 1 aliphatic heterocycles. The number of halogens is 1. The Hall–Kier alpha value is -2.03. The molecule has 1 aromatic carbocycles. The van der Waals surface area contributed by atoms with Crippen molar-refractivity contribution in [2.45, 2.75) is 35.2 Å². The Kier molecular flexibility index (Phi) is 6.08. The molecule has 0 spiro atoms. The number of amides is 1. The van der Waals surface area contributed by atoms with E-state index in [-0.39, 0.29) is 5.54 Å². The fourth-order valence-electron chi connectivity index (χ4n) is 2.96. The lowest BCUT2D eigenvalue weighted by molar-refractivity contribution is -0.105. The van der Waals surface area contributed by atoms with Gasteiger partial charge in [0, 0.05) is 23.5 Å². The third kappa shape index (κ3) is 4.45. The summed E-state index contributed by atoms with van der Waals surface area (Å²) in [6.07, 6.45) is 4.42. The number of anilines is 3. The van der Waals surface area contributed by atoms with Crippen LogP contribution in [-0.2, 0) is 4.79 Å². The number of piperidine rings is 1. The van der Waals surface area contributed by atoms with E-state index in [1.54, 1.807) is 12.3 Å². The summed E-state index contributed by atoms with van der Waals surface area (Å²) in [4.78, 5) is 22.7. The van der Waals surface area contributed by atoms with E-state index in [4.69, 9.17) is 17.3 Å². The Morgan fingerprint density at radius 2 is 2.11 bits per heavy atom. The maximum Gasteiger partial charge on any atom is 0.211 e. The predicted octanol–water partition coefficient (Wildman–Crippen LogP) is 3.01. The van der Waals surface area contributed by atoms with Crippen molar-refractivity contribution in [3.63, 3.8) is 0 Å². The van der Waals surface area contributed by atoms with Gasteiger partial charge in [-0.1, -0.05) is 29.4 Å². The lowest BCUT2D eigenvalue weighted by atomic mass is 9.90. The number of rotatable bonds is 6. The van der Waals surface area contributed by atoms with Gasteiger partial charge in [-0.15, -0.1) is 0 Å². The third-order valence-corrected chi connectivity index (χ3v) is 6.52. The van der Waals surface area contributed by atoms with E-state index in [1.807, 2.05) is 19.2 Å². The number of benzene rings is 1. The largest absolute Gasteiger partial charge is 0.381 e. The SMILES string of the molecule is CNC1(C)CCN(c2cnc(Sc3cccc(NC=O)c3Cl)c(N)n2)CC1. The molecule has 1 fully saturated rings. The molecule has 7 nitrogen and oxygen atoms in total. The average molecular weight is 407 g/mol. The lowest BCUT2D eigenvalue weighted by Gasteiger charge is -2.39. The second-order valence-corrected chi connectivity index (χ2v) is 8.11. The summed E-state index contributed by atoms with van der Waals surface area (Å²) < 4.78 is 0. The average Bonchev–Trinajstić information content (AvgIpc) is 2.67. The Morgan fingerprint density at radius 3 is 2.74 bits per heavy atom. The number of nitrogens with two attached hydrogens (primary N) is 1. The second kappa shape index (κ2) is 8.33. The number of nitrogens with zero attached hydrogens (tertiary/aromatic N) is 3. The van der Waals surface area contributed by atoms with Crippen LogP contribution in [0.25, 0.3) is 0 Å². The first-order chi connectivity index (χ1) is 13.0. The van der Waals surface area contributed by atoms with Crippen molar-refractivity contribution in [3.05, 3.63) is 29.4 Å². The van der Waals surface area contributed by atoms with Gasteiger partial charge in [0.1, 0.15) is 10.8 Å². The highest BCUT2D eigenvalue weighted by Crippen LogP contribution is 2.38. The van der Waals surface area contributed by atoms with Crippen molar-refractivity contribution < 1.29 is 4.79 Å². The minimum Gasteiger partial charge on any atom is -0.381 e. The van der Waals surface area contributed by atoms with Crippen molar-refractivity contribution >= 4 is 47.1 Å². The zero-order valence-corrected chi connectivity index (χ0v) is 16.9. The number of hydrogen-bond acceptors (Lipinski definition) is 7. The van der Waals surface area contributed by atoms with E-state index in [9.17, 15) is 4.79 Å². The van der Waals surface area contributed by atoms with Crippen LogP contribution in [0.1, 0.15) is 19.8 Å². The zero-order valence-electron chi connectivity index (χ0n) is 15.3. The fraction of sp³-hybridized carbons (Fsp3) is 0.389. The molecule has 27 heavy (non-hydrogen) atoms. The molecule has 1 aliphatic rings. The van der Waals surface area contributed by atoms with Gasteiger partial charge in [-0.05, 0) is 38.9 Å². The monoisotopic (exact) mass is 406 g/mol. The van der Waals surface area contributed by atoms with E-state index < -0.39 is 0 Å². The van der Waals surface area contributed by atoms with Crippen molar-refractivity contribution in [1.82, 2.24) is 15.3 Å². The van der Waals surface area contributed by atoms with Crippen LogP contribution in [0.15, 0.2) is 34.3 Å². The van der Waals surface area contributed by atoms with Crippen LogP contribution in [0.4, 0.5) is 17.3 Å². The van der Waals surface area contributed by atoms with E-state index in [0.717, 1.165) is 36.6 Å². The highest BCUT2D eigenvalue weighted by molar-refractivity contribution is 7.99. The minimum atomic E-state index is 0.169. The molecule has 0 unspecified atom stereocenters. The van der Waals surface area contributed by atoms with Crippen molar-refractivity contribution in [2.75, 3.05) is 36.1 Å². The lowest BCUT2D eigenvalue weighted by Crippen LogP contribution is -2.50. The molecular weight excluding hydrogens is 384 g/mol. The van der Waals surface area contributed by atoms with Crippen molar-refractivity contribution in [1.29, 1.82) is 0 Å². The van der Waals surface area contributed by atoms with Crippen molar-refractivity contribution in [2.24, 2.45) is 0 Å². The number of carbonyl (C=O) groups excluding carboxylic acids is 1. The van der Waals surface area contributed by atoms with Crippen LogP contribution < -0.4 is 21.3 Å². The number of hydrogen-bond donors (Lipinski definition) is 3. The molecule has 0 atom stereocenters. The van der Waals surface area contributed by atoms with Gasteiger partial charge in [0.2, 0.25) is 6.41 Å². The molecule has 0 aliphatic carbocycles. The summed E-state index contributed by atoms with van der Waals surface area (Å²) in [5, 5.41) is 6.99. The smallest absolute Gasteiger partial charge is 0.211 e. The number of aromatic nitrogens is 2. The van der Waals surface area contributed by atoms with Gasteiger partial charge in [0.05, 0.1) is 16.9 Å². The summed E-state index contributed by atoms with van der Waals surface area (Å²) in [5.74, 6) is 1.15. The molecule has 1 saturated heterocycles. The van der Waals surface area contributed by atoms with Gasteiger partial charge in [0.15, 0.2) is 5.82 Å². The van der Waals surface area contributed by atoms with E-state index in [2.05, 4.69) is 32.4 Å². The first-order valence-corrected chi connectivity index (χ1v) is 9.88. The van der Waals surface area contributed by atoms with E-state index >= 15 is 0 Å². The van der Waals surface area contributed by atoms with Crippen molar-refractivity contribution in [3.8, 4) is 0 Å². The molecule has 9 heteroatoms. The standard InChI is InChI=1S/C18H23ClN6OS/c1-18(21-2)6-8-25(9-7-18)14-10-22-17(16(20)24-14)27-13-5-3-4-12(15(13)19)23-11-26/h3-5,10-11,21H,6-9H2,1-2H3,(H2,20,24)(H,23,26). The normalized spacial score (nSPS) is 16.2.